The van der Waals surface area contributed by atoms with E-state index in [1.54, 1.807) is 0 Å². The van der Waals surface area contributed by atoms with Gasteiger partial charge in [0.15, 0.2) is 0 Å². The van der Waals surface area contributed by atoms with Gasteiger partial charge in [-0.25, -0.2) is 13.6 Å². The molecule has 0 aliphatic carbocycles. The van der Waals surface area contributed by atoms with E-state index in [2.05, 4.69) is 0 Å². The molecule has 0 heterocycles. The highest BCUT2D eigenvalue weighted by atomic mass is 19.1. The molecule has 0 spiro atoms. The number of aliphatic carboxylic acids is 1. The lowest BCUT2D eigenvalue weighted by molar-refractivity contribution is -0.135. The minimum absolute atomic E-state index is 0.620. The van der Waals surface area contributed by atoms with Crippen molar-refractivity contribution in [2.24, 2.45) is 0 Å². The molecule has 0 radical (unpaired) electrons. The molecule has 0 saturated heterocycles. The third-order valence-corrected chi connectivity index (χ3v) is 1.60. The molecule has 0 unspecified atom stereocenters. The molecule has 7 heteroatoms. The van der Waals surface area contributed by atoms with Crippen LogP contribution in [-0.2, 0) is 4.79 Å². The van der Waals surface area contributed by atoms with Gasteiger partial charge in [-0.15, -0.1) is 0 Å². The lowest BCUT2D eigenvalue weighted by atomic mass is 10.3. The number of benzene rings is 1. The van der Waals surface area contributed by atoms with Crippen molar-refractivity contribution in [1.82, 2.24) is 5.32 Å². The van der Waals surface area contributed by atoms with E-state index >= 15 is 0 Å². The van der Waals surface area contributed by atoms with Crippen LogP contribution in [0.5, 0.6) is 0 Å². The fraction of sp³-hybridized carbons (Fsp3) is 0.111. The maximum absolute atomic E-state index is 13.0. The van der Waals surface area contributed by atoms with E-state index in [0.717, 1.165) is 18.2 Å². The van der Waals surface area contributed by atoms with Crippen molar-refractivity contribution in [1.29, 1.82) is 0 Å². The van der Waals surface area contributed by atoms with Crippen molar-refractivity contribution >= 4 is 17.7 Å². The maximum Gasteiger partial charge on any atom is 0.323 e. The second-order valence-corrected chi connectivity index (χ2v) is 2.80. The summed E-state index contributed by atoms with van der Waals surface area (Å²) < 4.78 is 26.0. The molecule has 3 N–H and O–H groups in total. The number of para-hydroxylation sites is 1. The Bertz CT molecular complexity index is 403. The van der Waals surface area contributed by atoms with E-state index in [0.29, 0.717) is 0 Å². The Hall–Kier alpha value is -2.18. The van der Waals surface area contributed by atoms with Gasteiger partial charge in [-0.2, -0.15) is 0 Å². The van der Waals surface area contributed by atoms with E-state index in [-0.39, 0.29) is 0 Å². The van der Waals surface area contributed by atoms with Crippen molar-refractivity contribution in [3.63, 3.8) is 0 Å². The fourth-order valence-electron chi connectivity index (χ4n) is 0.931. The fourth-order valence-corrected chi connectivity index (χ4v) is 0.931. The second-order valence-electron chi connectivity index (χ2n) is 2.80. The molecule has 1 aromatic carbocycles. The van der Waals surface area contributed by atoms with Crippen LogP contribution in [0, 0.1) is 11.6 Å². The van der Waals surface area contributed by atoms with Crippen molar-refractivity contribution in [2.45, 2.75) is 0 Å². The van der Waals surface area contributed by atoms with Crippen LogP contribution in [0.3, 0.4) is 0 Å². The number of halogens is 2. The molecule has 16 heavy (non-hydrogen) atoms. The van der Waals surface area contributed by atoms with Gasteiger partial charge in [0.1, 0.15) is 23.9 Å². The molecule has 0 bridgehead atoms. The topological polar surface area (TPSA) is 78.4 Å². The number of rotatable bonds is 3. The second kappa shape index (κ2) is 5.06. The minimum Gasteiger partial charge on any atom is -0.480 e. The third kappa shape index (κ3) is 3.19. The molecular formula is C9H8F2N2O3. The predicted octanol–water partition coefficient (Wildman–Crippen LogP) is 1.17. The number of urea groups is 1. The standard InChI is InChI=1S/C9H8F2N2O3/c10-5-2-1-3-6(11)8(5)13-9(16)12-4-7(14)15/h1-3H,4H2,(H,14,15)(H2,12,13,16). The lowest BCUT2D eigenvalue weighted by Gasteiger charge is -2.07. The third-order valence-electron chi connectivity index (χ3n) is 1.60. The number of amides is 2. The Kier molecular flexibility index (Phi) is 3.76. The first kappa shape index (κ1) is 11.9. The molecule has 0 fully saturated rings. The van der Waals surface area contributed by atoms with Crippen molar-refractivity contribution in [3.8, 4) is 0 Å². The Morgan fingerprint density at radius 1 is 1.25 bits per heavy atom. The van der Waals surface area contributed by atoms with Gasteiger partial charge in [0.05, 0.1) is 0 Å². The van der Waals surface area contributed by atoms with E-state index in [9.17, 15) is 18.4 Å². The number of hydrogen-bond donors (Lipinski definition) is 3. The van der Waals surface area contributed by atoms with Crippen LogP contribution in [0.2, 0.25) is 0 Å². The van der Waals surface area contributed by atoms with Crippen LogP contribution in [-0.4, -0.2) is 23.7 Å². The highest BCUT2D eigenvalue weighted by molar-refractivity contribution is 5.91. The van der Waals surface area contributed by atoms with Gasteiger partial charge in [0.25, 0.3) is 0 Å². The molecule has 2 amide bonds. The van der Waals surface area contributed by atoms with Gasteiger partial charge < -0.3 is 15.7 Å². The molecule has 0 saturated carbocycles. The SMILES string of the molecule is O=C(O)CNC(=O)Nc1c(F)cccc1F. The number of carboxylic acid groups (broad SMARTS) is 1. The smallest absolute Gasteiger partial charge is 0.323 e. The summed E-state index contributed by atoms with van der Waals surface area (Å²) in [5, 5.41) is 12.0. The zero-order valence-corrected chi connectivity index (χ0v) is 7.96. The van der Waals surface area contributed by atoms with Crippen LogP contribution in [0.4, 0.5) is 19.3 Å². The summed E-state index contributed by atoms with van der Waals surface area (Å²) in [5.74, 6) is -3.14. The molecular weight excluding hydrogens is 222 g/mol. The molecule has 86 valence electrons. The first-order valence-corrected chi connectivity index (χ1v) is 4.21. The summed E-state index contributed by atoms with van der Waals surface area (Å²) in [6.45, 7) is -0.637. The Balaban J connectivity index is 2.66. The monoisotopic (exact) mass is 230 g/mol. The van der Waals surface area contributed by atoms with Gasteiger partial charge in [0.2, 0.25) is 0 Å². The average molecular weight is 230 g/mol. The molecule has 0 aliphatic rings. The van der Waals surface area contributed by atoms with Crippen LogP contribution in [0.25, 0.3) is 0 Å². The summed E-state index contributed by atoms with van der Waals surface area (Å²) in [5.41, 5.74) is -0.620. The Morgan fingerprint density at radius 2 is 1.81 bits per heavy atom. The maximum atomic E-state index is 13.0. The summed E-state index contributed by atoms with van der Waals surface area (Å²) in [7, 11) is 0. The normalized spacial score (nSPS) is 9.62. The van der Waals surface area contributed by atoms with Crippen LogP contribution >= 0.6 is 0 Å². The lowest BCUT2D eigenvalue weighted by Crippen LogP contribution is -2.33. The summed E-state index contributed by atoms with van der Waals surface area (Å²) >= 11 is 0. The van der Waals surface area contributed by atoms with Crippen LogP contribution < -0.4 is 10.6 Å². The van der Waals surface area contributed by atoms with Crippen molar-refractivity contribution in [2.75, 3.05) is 11.9 Å². The highest BCUT2D eigenvalue weighted by Crippen LogP contribution is 2.17. The first-order valence-electron chi connectivity index (χ1n) is 4.21. The number of hydrogen-bond acceptors (Lipinski definition) is 2. The Morgan fingerprint density at radius 3 is 2.31 bits per heavy atom. The minimum atomic E-state index is -1.26. The molecule has 1 aromatic rings. The van der Waals surface area contributed by atoms with Crippen molar-refractivity contribution < 1.29 is 23.5 Å². The number of nitrogens with one attached hydrogen (secondary N) is 2. The quantitative estimate of drug-likeness (QED) is 0.729. The molecule has 0 aliphatic heterocycles. The summed E-state index contributed by atoms with van der Waals surface area (Å²) in [6.07, 6.45) is 0. The summed E-state index contributed by atoms with van der Waals surface area (Å²) in [4.78, 5) is 21.1. The van der Waals surface area contributed by atoms with Crippen LogP contribution in [0.15, 0.2) is 18.2 Å². The predicted molar refractivity (Wildman–Crippen MR) is 51.0 cm³/mol. The van der Waals surface area contributed by atoms with Gasteiger partial charge in [-0.1, -0.05) is 6.07 Å². The van der Waals surface area contributed by atoms with E-state index in [4.69, 9.17) is 5.11 Å². The molecule has 1 rings (SSSR count). The van der Waals surface area contributed by atoms with E-state index in [1.807, 2.05) is 10.6 Å². The van der Waals surface area contributed by atoms with Crippen molar-refractivity contribution in [3.05, 3.63) is 29.8 Å². The van der Waals surface area contributed by atoms with E-state index < -0.39 is 35.9 Å². The number of anilines is 1. The molecule has 5 nitrogen and oxygen atoms in total. The zero-order chi connectivity index (χ0) is 12.1. The van der Waals surface area contributed by atoms with Gasteiger partial charge in [-0.3, -0.25) is 4.79 Å². The number of carboxylic acids is 1. The number of carbonyl (C=O) groups excluding carboxylic acids is 1. The first-order chi connectivity index (χ1) is 7.50. The van der Waals surface area contributed by atoms with Gasteiger partial charge >= 0.3 is 12.0 Å². The highest BCUT2D eigenvalue weighted by Gasteiger charge is 2.11. The Labute approximate surface area is 89.1 Å². The van der Waals surface area contributed by atoms with Gasteiger partial charge in [-0.05, 0) is 12.1 Å². The average Bonchev–Trinajstić information content (AvgIpc) is 2.21. The number of carbonyl (C=O) groups is 2. The van der Waals surface area contributed by atoms with E-state index in [1.165, 1.54) is 0 Å². The largest absolute Gasteiger partial charge is 0.480 e. The molecule has 0 aromatic heterocycles. The van der Waals surface area contributed by atoms with Gasteiger partial charge in [0, 0.05) is 0 Å². The summed E-state index contributed by atoms with van der Waals surface area (Å²) in [6, 6.07) is 2.09. The zero-order valence-electron chi connectivity index (χ0n) is 7.96. The molecule has 0 atom stereocenters. The van der Waals surface area contributed by atoms with Crippen LogP contribution in [0.1, 0.15) is 0 Å².